The smallest absolute Gasteiger partial charge is 0.338 e. The second kappa shape index (κ2) is 18.6. The number of aromatic hydroxyl groups is 1. The van der Waals surface area contributed by atoms with Crippen LogP contribution in [0.5, 0.6) is 11.5 Å². The first-order valence-corrected chi connectivity index (χ1v) is 15.0. The Morgan fingerprint density at radius 2 is 0.771 bits per heavy atom. The summed E-state index contributed by atoms with van der Waals surface area (Å²) in [5, 5.41) is 4.45. The van der Waals surface area contributed by atoms with Crippen LogP contribution in [-0.2, 0) is 9.53 Å². The molecule has 0 unspecified atom stereocenters. The monoisotopic (exact) mass is 780 g/mol. The summed E-state index contributed by atoms with van der Waals surface area (Å²) in [4.78, 5) is 88.1. The average Bonchev–Trinajstić information content (AvgIpc) is 2.95. The van der Waals surface area contributed by atoms with Gasteiger partial charge in [0.2, 0.25) is 0 Å². The standard InChI is InChI=1S/C13H12Cl2O4.C10H6Cl2O4.C8H4Cl2O3/c1-13(2,3)19-12(18)9-5-7(10(14)16)4-8(6-9)11(15)17;1-5(13)16-8-3-6(9(11)14)2-7(4-8)10(12)15;9-7(12)4-1-5(8(10)13)3-6(11)2-4/h4-6H,1-3H3;2-4H,1H3;1-3,11H. The Morgan fingerprint density at radius 1 is 0.500 bits per heavy atom. The highest BCUT2D eigenvalue weighted by molar-refractivity contribution is 6.70. The molecular weight excluding hydrogens is 761 g/mol. The highest BCUT2D eigenvalue weighted by Gasteiger charge is 2.21. The first kappa shape index (κ1) is 42.2. The Balaban J connectivity index is 0.000000366. The summed E-state index contributed by atoms with van der Waals surface area (Å²) in [6.45, 7) is 6.30. The van der Waals surface area contributed by atoms with E-state index in [9.17, 15) is 38.4 Å². The molecule has 0 saturated heterocycles. The summed E-state index contributed by atoms with van der Waals surface area (Å²) in [6.07, 6.45) is 0. The molecule has 3 rings (SSSR count). The maximum atomic E-state index is 11.9. The number of hydrogen-bond acceptors (Lipinski definition) is 11. The van der Waals surface area contributed by atoms with Crippen LogP contribution in [0.15, 0.2) is 54.6 Å². The molecule has 48 heavy (non-hydrogen) atoms. The summed E-state index contributed by atoms with van der Waals surface area (Å²) in [5.41, 5.74) is -0.498. The third-order valence-corrected chi connectivity index (χ3v) is 6.32. The van der Waals surface area contributed by atoms with Gasteiger partial charge in [-0.05, 0) is 145 Å². The Hall–Kier alpha value is -3.84. The van der Waals surface area contributed by atoms with Crippen molar-refractivity contribution in [2.24, 2.45) is 0 Å². The minimum Gasteiger partial charge on any atom is -0.508 e. The van der Waals surface area contributed by atoms with Crippen molar-refractivity contribution in [1.29, 1.82) is 0 Å². The van der Waals surface area contributed by atoms with E-state index < -0.39 is 49.0 Å². The van der Waals surface area contributed by atoms with Crippen molar-refractivity contribution in [2.75, 3.05) is 0 Å². The van der Waals surface area contributed by atoms with Gasteiger partial charge in [0, 0.05) is 40.3 Å². The van der Waals surface area contributed by atoms with Crippen molar-refractivity contribution in [1.82, 2.24) is 0 Å². The first-order valence-electron chi connectivity index (χ1n) is 12.8. The number of rotatable bonds is 8. The third kappa shape index (κ3) is 14.9. The number of phenolic OH excluding ortho intramolecular Hbond substituents is 1. The van der Waals surface area contributed by atoms with Crippen molar-refractivity contribution in [3.05, 3.63) is 93.5 Å². The molecule has 1 N–H and O–H groups in total. The Labute approximate surface area is 302 Å². The lowest BCUT2D eigenvalue weighted by molar-refractivity contribution is -0.131. The zero-order chi connectivity index (χ0) is 37.1. The van der Waals surface area contributed by atoms with Crippen molar-refractivity contribution in [3.8, 4) is 11.5 Å². The molecule has 17 heteroatoms. The van der Waals surface area contributed by atoms with Crippen LogP contribution in [0.1, 0.15) is 100 Å². The van der Waals surface area contributed by atoms with E-state index in [0.29, 0.717) is 0 Å². The van der Waals surface area contributed by atoms with Crippen LogP contribution in [0.2, 0.25) is 0 Å². The third-order valence-electron chi connectivity index (χ3n) is 5.02. The quantitative estimate of drug-likeness (QED) is 0.133. The molecule has 3 aromatic rings. The van der Waals surface area contributed by atoms with Crippen molar-refractivity contribution in [3.63, 3.8) is 0 Å². The van der Waals surface area contributed by atoms with Crippen LogP contribution in [0.4, 0.5) is 0 Å². The molecular formula is C31H22Cl6O11. The number of ether oxygens (including phenoxy) is 2. The number of benzene rings is 3. The van der Waals surface area contributed by atoms with Gasteiger partial charge in [-0.3, -0.25) is 33.6 Å². The molecule has 0 saturated carbocycles. The number of halogens is 6. The van der Waals surface area contributed by atoms with E-state index in [1.165, 1.54) is 49.4 Å². The number of carbonyl (C=O) groups is 8. The molecule has 0 atom stereocenters. The van der Waals surface area contributed by atoms with E-state index >= 15 is 0 Å². The summed E-state index contributed by atoms with van der Waals surface area (Å²) < 4.78 is 9.88. The van der Waals surface area contributed by atoms with Gasteiger partial charge >= 0.3 is 11.9 Å². The lowest BCUT2D eigenvalue weighted by Crippen LogP contribution is -2.24. The van der Waals surface area contributed by atoms with Crippen LogP contribution >= 0.6 is 69.6 Å². The minimum absolute atomic E-state index is 0.00836. The molecule has 0 aliphatic heterocycles. The SMILES string of the molecule is CC(=O)Oc1cc(C(=O)Cl)cc(C(=O)Cl)c1.CC(C)(C)OC(=O)c1cc(C(=O)Cl)cc(C(=O)Cl)c1.O=C(Cl)c1cc(O)cc(C(=O)Cl)c1. The molecule has 0 spiro atoms. The van der Waals surface area contributed by atoms with E-state index in [0.717, 1.165) is 12.1 Å². The highest BCUT2D eigenvalue weighted by Crippen LogP contribution is 2.21. The summed E-state index contributed by atoms with van der Waals surface area (Å²) in [7, 11) is 0. The lowest BCUT2D eigenvalue weighted by atomic mass is 10.1. The molecule has 0 aliphatic carbocycles. The Kier molecular flexibility index (Phi) is 16.4. The van der Waals surface area contributed by atoms with Gasteiger partial charge in [0.15, 0.2) is 0 Å². The van der Waals surface area contributed by atoms with Crippen molar-refractivity contribution in [2.45, 2.75) is 33.3 Å². The topological polar surface area (TPSA) is 175 Å². The highest BCUT2D eigenvalue weighted by atomic mass is 35.5. The predicted molar refractivity (Wildman–Crippen MR) is 179 cm³/mol. The second-order valence-corrected chi connectivity index (χ2v) is 12.1. The Bertz CT molecular complexity index is 1700. The normalized spacial score (nSPS) is 10.2. The first-order chi connectivity index (χ1) is 22.0. The number of phenols is 1. The number of esters is 2. The lowest BCUT2D eigenvalue weighted by Gasteiger charge is -2.19. The van der Waals surface area contributed by atoms with E-state index in [1.807, 2.05) is 0 Å². The zero-order valence-corrected chi connectivity index (χ0v) is 29.5. The molecule has 0 bridgehead atoms. The van der Waals surface area contributed by atoms with Crippen LogP contribution in [-0.4, -0.2) is 54.1 Å². The van der Waals surface area contributed by atoms with E-state index in [1.54, 1.807) is 20.8 Å². The molecule has 254 valence electrons. The van der Waals surface area contributed by atoms with E-state index in [-0.39, 0.29) is 50.4 Å². The van der Waals surface area contributed by atoms with Crippen LogP contribution in [0.3, 0.4) is 0 Å². The molecule has 0 aliphatic rings. The molecule has 0 fully saturated rings. The maximum absolute atomic E-state index is 11.9. The van der Waals surface area contributed by atoms with E-state index in [4.69, 9.17) is 84.2 Å². The number of hydrogen-bond donors (Lipinski definition) is 1. The fourth-order valence-corrected chi connectivity index (χ4v) is 3.85. The van der Waals surface area contributed by atoms with Gasteiger partial charge < -0.3 is 14.6 Å². The fraction of sp³-hybridized carbons (Fsp3) is 0.161. The van der Waals surface area contributed by atoms with Crippen LogP contribution < -0.4 is 4.74 Å². The van der Waals surface area contributed by atoms with Crippen LogP contribution in [0, 0.1) is 0 Å². The van der Waals surface area contributed by atoms with Gasteiger partial charge in [0.1, 0.15) is 17.1 Å². The van der Waals surface area contributed by atoms with Crippen molar-refractivity contribution < 1.29 is 52.9 Å². The zero-order valence-electron chi connectivity index (χ0n) is 25.0. The van der Waals surface area contributed by atoms with Gasteiger partial charge in [-0.2, -0.15) is 0 Å². The molecule has 0 aromatic heterocycles. The summed E-state index contributed by atoms with van der Waals surface area (Å²) in [5.74, 6) is -1.42. The molecule has 0 heterocycles. The van der Waals surface area contributed by atoms with Crippen LogP contribution in [0.25, 0.3) is 0 Å². The van der Waals surface area contributed by atoms with Gasteiger partial charge in [0.25, 0.3) is 31.5 Å². The van der Waals surface area contributed by atoms with Crippen molar-refractivity contribution >= 4 is 113 Å². The van der Waals surface area contributed by atoms with Gasteiger partial charge in [-0.25, -0.2) is 4.79 Å². The Morgan fingerprint density at radius 3 is 1.04 bits per heavy atom. The maximum Gasteiger partial charge on any atom is 0.338 e. The number of carbonyl (C=O) groups excluding carboxylic acids is 8. The average molecular weight is 783 g/mol. The molecule has 11 nitrogen and oxygen atoms in total. The molecule has 0 amide bonds. The minimum atomic E-state index is -0.787. The van der Waals surface area contributed by atoms with Gasteiger partial charge in [0.05, 0.1) is 5.56 Å². The summed E-state index contributed by atoms with van der Waals surface area (Å²) in [6, 6.07) is 11.0. The fourth-order valence-electron chi connectivity index (χ4n) is 3.20. The largest absolute Gasteiger partial charge is 0.508 e. The second-order valence-electron chi connectivity index (χ2n) is 10.1. The predicted octanol–water partition coefficient (Wildman–Crippen LogP) is 7.92. The van der Waals surface area contributed by atoms with E-state index in [2.05, 4.69) is 0 Å². The summed E-state index contributed by atoms with van der Waals surface area (Å²) >= 11 is 31.5. The molecule has 3 aromatic carbocycles. The van der Waals surface area contributed by atoms with Gasteiger partial charge in [-0.15, -0.1) is 0 Å². The van der Waals surface area contributed by atoms with Gasteiger partial charge in [-0.1, -0.05) is 0 Å². The molecule has 0 radical (unpaired) electrons.